The molecule has 0 radical (unpaired) electrons. The third-order valence-corrected chi connectivity index (χ3v) is 4.37. The van der Waals surface area contributed by atoms with Gasteiger partial charge < -0.3 is 23.8 Å². The fourth-order valence-corrected chi connectivity index (χ4v) is 2.82. The average molecular weight is 478 g/mol. The van der Waals surface area contributed by atoms with E-state index in [1.165, 1.54) is 0 Å². The summed E-state index contributed by atoms with van der Waals surface area (Å²) in [6.45, 7) is 21.4. The van der Waals surface area contributed by atoms with Crippen LogP contribution in [0.15, 0.2) is 0 Å². The van der Waals surface area contributed by atoms with E-state index >= 15 is 0 Å². The summed E-state index contributed by atoms with van der Waals surface area (Å²) < 4.78 is 22.7. The molecule has 0 saturated carbocycles. The van der Waals surface area contributed by atoms with Gasteiger partial charge in [-0.3, -0.25) is 9.59 Å². The van der Waals surface area contributed by atoms with Gasteiger partial charge >= 0.3 is 11.9 Å². The SMILES string of the molecule is CC(C)(C)OCC(C)(C)OC(=O)CCN(CCS)CCC(=O)OC(C)(C)COC(C)(C)C. The molecule has 0 heterocycles. The molecule has 0 aliphatic rings. The Hall–Kier alpha value is -0.830. The third-order valence-electron chi connectivity index (χ3n) is 4.17. The summed E-state index contributed by atoms with van der Waals surface area (Å²) in [4.78, 5) is 26.7. The van der Waals surface area contributed by atoms with Crippen LogP contribution in [-0.2, 0) is 28.5 Å². The molecular weight excluding hydrogens is 430 g/mol. The number of hydrogen-bond donors (Lipinski definition) is 1. The molecular formula is C24H47NO6S. The minimum absolute atomic E-state index is 0.229. The van der Waals surface area contributed by atoms with Gasteiger partial charge in [-0.2, -0.15) is 12.6 Å². The number of carbonyl (C=O) groups excluding carboxylic acids is 2. The first-order valence-corrected chi connectivity index (χ1v) is 12.0. The number of hydrogen-bond acceptors (Lipinski definition) is 8. The zero-order valence-corrected chi connectivity index (χ0v) is 22.9. The van der Waals surface area contributed by atoms with Crippen molar-refractivity contribution < 1.29 is 28.5 Å². The molecule has 0 atom stereocenters. The Morgan fingerprint density at radius 1 is 0.656 bits per heavy atom. The van der Waals surface area contributed by atoms with E-state index in [0.717, 1.165) is 0 Å². The van der Waals surface area contributed by atoms with Crippen LogP contribution < -0.4 is 0 Å². The van der Waals surface area contributed by atoms with Gasteiger partial charge in [0.25, 0.3) is 0 Å². The van der Waals surface area contributed by atoms with E-state index in [2.05, 4.69) is 12.6 Å². The third kappa shape index (κ3) is 17.7. The molecule has 0 rings (SSSR count). The smallest absolute Gasteiger partial charge is 0.307 e. The Morgan fingerprint density at radius 2 is 1.00 bits per heavy atom. The van der Waals surface area contributed by atoms with Gasteiger partial charge in [0.2, 0.25) is 0 Å². The second-order valence-corrected chi connectivity index (χ2v) is 11.8. The lowest BCUT2D eigenvalue weighted by atomic mass is 10.1. The largest absolute Gasteiger partial charge is 0.457 e. The molecule has 0 bridgehead atoms. The predicted molar refractivity (Wildman–Crippen MR) is 131 cm³/mol. The summed E-state index contributed by atoms with van der Waals surface area (Å²) in [6, 6.07) is 0. The highest BCUT2D eigenvalue weighted by atomic mass is 32.1. The molecule has 8 heteroatoms. The molecule has 7 nitrogen and oxygen atoms in total. The van der Waals surface area contributed by atoms with Gasteiger partial charge in [-0.15, -0.1) is 0 Å². The van der Waals surface area contributed by atoms with Crippen LogP contribution in [0.5, 0.6) is 0 Å². The van der Waals surface area contributed by atoms with Gasteiger partial charge in [0.1, 0.15) is 11.2 Å². The van der Waals surface area contributed by atoms with E-state index in [0.29, 0.717) is 38.6 Å². The van der Waals surface area contributed by atoms with Crippen molar-refractivity contribution >= 4 is 24.6 Å². The zero-order valence-electron chi connectivity index (χ0n) is 22.0. The lowest BCUT2D eigenvalue weighted by Gasteiger charge is -2.30. The topological polar surface area (TPSA) is 74.3 Å². The zero-order chi connectivity index (χ0) is 25.2. The van der Waals surface area contributed by atoms with Crippen LogP contribution in [0.4, 0.5) is 0 Å². The van der Waals surface area contributed by atoms with Crippen molar-refractivity contribution in [2.45, 2.75) is 104 Å². The average Bonchev–Trinajstić information content (AvgIpc) is 2.59. The normalized spacial score (nSPS) is 13.4. The lowest BCUT2D eigenvalue weighted by Crippen LogP contribution is -2.39. The van der Waals surface area contributed by atoms with Crippen molar-refractivity contribution in [3.05, 3.63) is 0 Å². The van der Waals surface area contributed by atoms with Crippen molar-refractivity contribution in [2.75, 3.05) is 38.6 Å². The van der Waals surface area contributed by atoms with Crippen molar-refractivity contribution in [2.24, 2.45) is 0 Å². The maximum atomic E-state index is 12.3. The number of thiol groups is 1. The number of rotatable bonds is 14. The van der Waals surface area contributed by atoms with Crippen LogP contribution in [-0.4, -0.2) is 77.8 Å². The predicted octanol–water partition coefficient (Wildman–Crippen LogP) is 4.27. The van der Waals surface area contributed by atoms with Gasteiger partial charge in [0.15, 0.2) is 0 Å². The van der Waals surface area contributed by atoms with Crippen LogP contribution in [0.3, 0.4) is 0 Å². The Balaban J connectivity index is 4.52. The van der Waals surface area contributed by atoms with E-state index in [1.807, 2.05) is 74.1 Å². The van der Waals surface area contributed by atoms with Gasteiger partial charge in [0.05, 0.1) is 37.3 Å². The fourth-order valence-electron chi connectivity index (χ4n) is 2.53. The molecule has 0 spiro atoms. The summed E-state index contributed by atoms with van der Waals surface area (Å²) in [5, 5.41) is 0. The first kappa shape index (κ1) is 31.2. The van der Waals surface area contributed by atoms with Crippen molar-refractivity contribution in [1.82, 2.24) is 4.90 Å². The molecule has 0 aromatic rings. The Kier molecular flexibility index (Phi) is 12.8. The van der Waals surface area contributed by atoms with Crippen LogP contribution in [0.2, 0.25) is 0 Å². The monoisotopic (exact) mass is 477 g/mol. The molecule has 0 amide bonds. The van der Waals surface area contributed by atoms with Gasteiger partial charge in [-0.25, -0.2) is 0 Å². The van der Waals surface area contributed by atoms with Crippen LogP contribution in [0, 0.1) is 0 Å². The first-order chi connectivity index (χ1) is 14.3. The van der Waals surface area contributed by atoms with E-state index in [9.17, 15) is 9.59 Å². The number of esters is 2. The minimum atomic E-state index is -0.705. The van der Waals surface area contributed by atoms with E-state index in [4.69, 9.17) is 18.9 Å². The van der Waals surface area contributed by atoms with Crippen molar-refractivity contribution in [1.29, 1.82) is 0 Å². The molecule has 32 heavy (non-hydrogen) atoms. The first-order valence-electron chi connectivity index (χ1n) is 11.4. The fraction of sp³-hybridized carbons (Fsp3) is 0.917. The molecule has 0 N–H and O–H groups in total. The Morgan fingerprint density at radius 3 is 1.28 bits per heavy atom. The molecule has 0 unspecified atom stereocenters. The number of nitrogens with zero attached hydrogens (tertiary/aromatic N) is 1. The number of ether oxygens (including phenoxy) is 4. The summed E-state index contributed by atoms with van der Waals surface area (Å²) in [6.07, 6.45) is 0.458. The molecule has 0 aliphatic heterocycles. The van der Waals surface area contributed by atoms with Gasteiger partial charge in [-0.1, -0.05) is 0 Å². The molecule has 190 valence electrons. The van der Waals surface area contributed by atoms with Crippen LogP contribution >= 0.6 is 12.6 Å². The summed E-state index contributed by atoms with van der Waals surface area (Å²) >= 11 is 4.29. The standard InChI is InChI=1S/C24H47NO6S/c1-21(2,3)28-17-23(7,8)30-19(26)11-13-25(15-16-32)14-12-20(27)31-24(9,10)18-29-22(4,5)6/h32H,11-18H2,1-10H3. The second-order valence-electron chi connectivity index (χ2n) is 11.3. The quantitative estimate of drug-likeness (QED) is 0.296. The molecule has 0 aliphatic carbocycles. The van der Waals surface area contributed by atoms with E-state index in [-0.39, 0.29) is 36.0 Å². The maximum Gasteiger partial charge on any atom is 0.307 e. The second kappa shape index (κ2) is 13.2. The molecule has 0 aromatic carbocycles. The van der Waals surface area contributed by atoms with Crippen molar-refractivity contribution in [3.63, 3.8) is 0 Å². The highest BCUT2D eigenvalue weighted by molar-refractivity contribution is 7.80. The number of carbonyl (C=O) groups is 2. The Labute approximate surface area is 201 Å². The van der Waals surface area contributed by atoms with E-state index in [1.54, 1.807) is 0 Å². The van der Waals surface area contributed by atoms with Gasteiger partial charge in [0, 0.05) is 25.4 Å². The minimum Gasteiger partial charge on any atom is -0.457 e. The van der Waals surface area contributed by atoms with Gasteiger partial charge in [-0.05, 0) is 69.2 Å². The molecule has 0 fully saturated rings. The summed E-state index contributed by atoms with van der Waals surface area (Å²) in [7, 11) is 0. The van der Waals surface area contributed by atoms with Crippen LogP contribution in [0.25, 0.3) is 0 Å². The summed E-state index contributed by atoms with van der Waals surface area (Å²) in [5.74, 6) is 0.0411. The molecule has 0 saturated heterocycles. The van der Waals surface area contributed by atoms with Crippen LogP contribution in [0.1, 0.15) is 82.1 Å². The summed E-state index contributed by atoms with van der Waals surface area (Å²) in [5.41, 5.74) is -2.00. The lowest BCUT2D eigenvalue weighted by molar-refractivity contribution is -0.168. The maximum absolute atomic E-state index is 12.3. The highest BCUT2D eigenvalue weighted by Crippen LogP contribution is 2.18. The molecule has 0 aromatic heterocycles. The van der Waals surface area contributed by atoms with E-state index < -0.39 is 11.2 Å². The Bertz CT molecular complexity index is 530. The van der Waals surface area contributed by atoms with Crippen molar-refractivity contribution in [3.8, 4) is 0 Å². The highest BCUT2D eigenvalue weighted by Gasteiger charge is 2.28.